The first-order valence-corrected chi connectivity index (χ1v) is 2.37. The molecule has 1 radical (unpaired) electrons. The van der Waals surface area contributed by atoms with Gasteiger partial charge in [-0.25, -0.2) is 0 Å². The summed E-state index contributed by atoms with van der Waals surface area (Å²) in [7, 11) is 0. The maximum atomic E-state index is 10.2. The van der Waals surface area contributed by atoms with Crippen LogP contribution in [0, 0.1) is 6.42 Å². The normalized spacial score (nSPS) is 20.5. The third-order valence-electron chi connectivity index (χ3n) is 0.874. The van der Waals surface area contributed by atoms with Crippen LogP contribution in [-0.2, 0) is 14.3 Å². The molecule has 0 amide bonds. The molecule has 0 aromatic carbocycles. The highest BCUT2D eigenvalue weighted by Crippen LogP contribution is 2.05. The summed E-state index contributed by atoms with van der Waals surface area (Å²) < 4.78 is 4.15. The molecule has 0 atom stereocenters. The average Bonchev–Trinajstić information content (AvgIpc) is 1.64. The number of cyclic esters (lactones) is 2. The van der Waals surface area contributed by atoms with Crippen molar-refractivity contribution in [3.05, 3.63) is 6.42 Å². The Balaban J connectivity index is 2.45. The number of carbonyl (C=O) groups is 2. The summed E-state index contributed by atoms with van der Waals surface area (Å²) in [5.41, 5.74) is 0. The van der Waals surface area contributed by atoms with E-state index in [9.17, 15) is 9.59 Å². The van der Waals surface area contributed by atoms with Crippen LogP contribution in [-0.4, -0.2) is 11.9 Å². The van der Waals surface area contributed by atoms with Gasteiger partial charge in [-0.1, -0.05) is 0 Å². The van der Waals surface area contributed by atoms with E-state index in [1.54, 1.807) is 0 Å². The zero-order chi connectivity index (χ0) is 5.98. The number of esters is 2. The molecule has 0 unspecified atom stereocenters. The number of carbonyl (C=O) groups excluding carboxylic acids is 2. The molecule has 0 aromatic heterocycles. The van der Waals surface area contributed by atoms with E-state index in [0.717, 1.165) is 0 Å². The predicted molar refractivity (Wildman–Crippen MR) is 24.6 cm³/mol. The van der Waals surface area contributed by atoms with Crippen LogP contribution in [0.3, 0.4) is 0 Å². The van der Waals surface area contributed by atoms with Crippen LogP contribution in [0.25, 0.3) is 0 Å². The van der Waals surface area contributed by atoms with Gasteiger partial charge in [0.2, 0.25) is 0 Å². The van der Waals surface area contributed by atoms with E-state index < -0.39 is 11.9 Å². The fourth-order valence-corrected chi connectivity index (χ4v) is 0.513. The summed E-state index contributed by atoms with van der Waals surface area (Å²) in [6.07, 6.45) is 2.23. The van der Waals surface area contributed by atoms with Crippen molar-refractivity contribution in [3.8, 4) is 0 Å². The van der Waals surface area contributed by atoms with Crippen LogP contribution in [0.15, 0.2) is 0 Å². The smallest absolute Gasteiger partial charge is 0.317 e. The van der Waals surface area contributed by atoms with Gasteiger partial charge in [0.1, 0.15) is 0 Å². The zero-order valence-electron chi connectivity index (χ0n) is 4.22. The van der Waals surface area contributed by atoms with Crippen molar-refractivity contribution in [1.29, 1.82) is 0 Å². The number of hydrogen-bond acceptors (Lipinski definition) is 3. The van der Waals surface area contributed by atoms with Crippen molar-refractivity contribution < 1.29 is 14.3 Å². The lowest BCUT2D eigenvalue weighted by molar-refractivity contribution is -0.159. The molecule has 1 aliphatic rings. The van der Waals surface area contributed by atoms with E-state index in [1.165, 1.54) is 6.42 Å². The van der Waals surface area contributed by atoms with Gasteiger partial charge >= 0.3 is 11.9 Å². The highest BCUT2D eigenvalue weighted by atomic mass is 16.6. The van der Waals surface area contributed by atoms with E-state index in [0.29, 0.717) is 12.8 Å². The molecule has 0 saturated carbocycles. The second-order valence-corrected chi connectivity index (χ2v) is 1.54. The number of rotatable bonds is 0. The van der Waals surface area contributed by atoms with E-state index in [-0.39, 0.29) is 0 Å². The van der Waals surface area contributed by atoms with Gasteiger partial charge in [-0.2, -0.15) is 0 Å². The second kappa shape index (κ2) is 1.94. The van der Waals surface area contributed by atoms with Gasteiger partial charge in [0, 0.05) is 6.42 Å². The molecule has 1 fully saturated rings. The first kappa shape index (κ1) is 5.28. The average molecular weight is 113 g/mol. The first-order valence-electron chi connectivity index (χ1n) is 2.37. The van der Waals surface area contributed by atoms with Gasteiger partial charge in [-0.05, 0) is 6.42 Å². The molecular weight excluding hydrogens is 108 g/mol. The van der Waals surface area contributed by atoms with Gasteiger partial charge in [0.25, 0.3) is 0 Å². The van der Waals surface area contributed by atoms with Crippen molar-refractivity contribution in [2.45, 2.75) is 12.8 Å². The summed E-state index contributed by atoms with van der Waals surface area (Å²) >= 11 is 0. The predicted octanol–water partition coefficient (Wildman–Crippen LogP) is 0.0543. The second-order valence-electron chi connectivity index (χ2n) is 1.54. The van der Waals surface area contributed by atoms with Gasteiger partial charge < -0.3 is 4.74 Å². The molecule has 0 N–H and O–H groups in total. The Kier molecular flexibility index (Phi) is 1.28. The maximum absolute atomic E-state index is 10.2. The molecule has 0 bridgehead atoms. The van der Waals surface area contributed by atoms with Crippen molar-refractivity contribution in [2.24, 2.45) is 0 Å². The monoisotopic (exact) mass is 113 g/mol. The lowest BCUT2D eigenvalue weighted by atomic mass is 10.2. The molecule has 0 spiro atoms. The topological polar surface area (TPSA) is 43.4 Å². The van der Waals surface area contributed by atoms with Crippen molar-refractivity contribution in [3.63, 3.8) is 0 Å². The number of hydrogen-bond donors (Lipinski definition) is 0. The van der Waals surface area contributed by atoms with Gasteiger partial charge in [0.15, 0.2) is 0 Å². The summed E-state index contributed by atoms with van der Waals surface area (Å²) in [6, 6.07) is 0. The minimum absolute atomic E-state index is 0.339. The Hall–Kier alpha value is -0.860. The zero-order valence-corrected chi connectivity index (χ0v) is 4.22. The van der Waals surface area contributed by atoms with Crippen LogP contribution < -0.4 is 0 Å². The fourth-order valence-electron chi connectivity index (χ4n) is 0.513. The lowest BCUT2D eigenvalue weighted by Gasteiger charge is -2.05. The molecule has 0 aromatic rings. The van der Waals surface area contributed by atoms with E-state index >= 15 is 0 Å². The number of ether oxygens (including phenoxy) is 1. The molecule has 1 saturated heterocycles. The lowest BCUT2D eigenvalue weighted by Crippen LogP contribution is -2.17. The Bertz CT molecular complexity index is 114. The van der Waals surface area contributed by atoms with E-state index in [2.05, 4.69) is 4.74 Å². The molecule has 0 aliphatic carbocycles. The van der Waals surface area contributed by atoms with E-state index in [4.69, 9.17) is 0 Å². The van der Waals surface area contributed by atoms with Crippen LogP contribution >= 0.6 is 0 Å². The molecule has 43 valence electrons. The van der Waals surface area contributed by atoms with E-state index in [1.807, 2.05) is 0 Å². The molecule has 1 aliphatic heterocycles. The van der Waals surface area contributed by atoms with Crippen LogP contribution in [0.5, 0.6) is 0 Å². The van der Waals surface area contributed by atoms with Crippen molar-refractivity contribution >= 4 is 11.9 Å². The first-order chi connectivity index (χ1) is 3.79. The minimum atomic E-state index is -0.513. The quantitative estimate of drug-likeness (QED) is 0.329. The molecule has 1 rings (SSSR count). The Morgan fingerprint density at radius 2 is 2.25 bits per heavy atom. The summed E-state index contributed by atoms with van der Waals surface area (Å²) in [5, 5.41) is 0. The minimum Gasteiger partial charge on any atom is -0.393 e. The standard InChI is InChI=1S/C5H5O3/c6-4-2-1-3-5(7)8-4/h2H,1,3H2. The van der Waals surface area contributed by atoms with Crippen LogP contribution in [0.1, 0.15) is 12.8 Å². The highest BCUT2D eigenvalue weighted by molar-refractivity contribution is 5.93. The summed E-state index contributed by atoms with van der Waals surface area (Å²) in [4.78, 5) is 20.4. The van der Waals surface area contributed by atoms with Crippen LogP contribution in [0.4, 0.5) is 0 Å². The molecule has 3 nitrogen and oxygen atoms in total. The third kappa shape index (κ3) is 1.05. The summed E-state index contributed by atoms with van der Waals surface area (Å²) in [5.74, 6) is -0.932. The largest absolute Gasteiger partial charge is 0.393 e. The van der Waals surface area contributed by atoms with Crippen molar-refractivity contribution in [1.82, 2.24) is 0 Å². The van der Waals surface area contributed by atoms with Gasteiger partial charge in [-0.15, -0.1) is 0 Å². The molecule has 8 heavy (non-hydrogen) atoms. The summed E-state index contributed by atoms with van der Waals surface area (Å²) in [6.45, 7) is 0. The Labute approximate surface area is 46.6 Å². The highest BCUT2D eigenvalue weighted by Gasteiger charge is 2.16. The maximum Gasteiger partial charge on any atom is 0.317 e. The third-order valence-corrected chi connectivity index (χ3v) is 0.874. The fraction of sp³-hybridized carbons (Fsp3) is 0.400. The van der Waals surface area contributed by atoms with Gasteiger partial charge in [0.05, 0.1) is 6.42 Å². The SMILES string of the molecule is O=C1[CH]CCC(=O)O1. The van der Waals surface area contributed by atoms with Crippen molar-refractivity contribution in [2.75, 3.05) is 0 Å². The van der Waals surface area contributed by atoms with Crippen LogP contribution in [0.2, 0.25) is 0 Å². The van der Waals surface area contributed by atoms with Gasteiger partial charge in [-0.3, -0.25) is 9.59 Å². The Morgan fingerprint density at radius 3 is 2.62 bits per heavy atom. The molecular formula is C5H5O3. The Morgan fingerprint density at radius 1 is 1.50 bits per heavy atom. The molecule has 3 heteroatoms. The molecule has 1 heterocycles.